The van der Waals surface area contributed by atoms with Crippen LogP contribution >= 0.6 is 0 Å². The highest BCUT2D eigenvalue weighted by atomic mass is 16.5. The smallest absolute Gasteiger partial charge is 0.193 e. The highest BCUT2D eigenvalue weighted by molar-refractivity contribution is 5.80. The monoisotopic (exact) mass is 387 g/mol. The highest BCUT2D eigenvalue weighted by Gasteiger charge is 2.35. The lowest BCUT2D eigenvalue weighted by atomic mass is 9.73. The minimum Gasteiger partial charge on any atom is -0.392 e. The van der Waals surface area contributed by atoms with Gasteiger partial charge in [-0.05, 0) is 31.7 Å². The molecule has 5 nitrogen and oxygen atoms in total. The van der Waals surface area contributed by atoms with Gasteiger partial charge in [-0.15, -0.1) is 0 Å². The number of hydrogen-bond donors (Lipinski definition) is 2. The maximum absolute atomic E-state index is 10.4. The van der Waals surface area contributed by atoms with Gasteiger partial charge in [0.2, 0.25) is 0 Å². The summed E-state index contributed by atoms with van der Waals surface area (Å²) in [4.78, 5) is 7.29. The van der Waals surface area contributed by atoms with Gasteiger partial charge in [0, 0.05) is 31.0 Å². The van der Waals surface area contributed by atoms with Crippen molar-refractivity contribution in [3.05, 3.63) is 35.9 Å². The van der Waals surface area contributed by atoms with E-state index in [-0.39, 0.29) is 11.5 Å². The summed E-state index contributed by atoms with van der Waals surface area (Å²) in [5.41, 5.74) is 1.14. The maximum Gasteiger partial charge on any atom is 0.193 e. The molecule has 1 saturated heterocycles. The van der Waals surface area contributed by atoms with Crippen molar-refractivity contribution < 1.29 is 9.84 Å². The van der Waals surface area contributed by atoms with E-state index in [1.54, 1.807) is 0 Å². The van der Waals surface area contributed by atoms with Gasteiger partial charge in [-0.1, -0.05) is 50.1 Å². The summed E-state index contributed by atoms with van der Waals surface area (Å²) in [6, 6.07) is 10.4. The molecule has 3 rings (SSSR count). The minimum absolute atomic E-state index is 0.0865. The van der Waals surface area contributed by atoms with Gasteiger partial charge in [0.1, 0.15) is 0 Å². The molecule has 0 radical (unpaired) electrons. The molecule has 0 amide bonds. The number of aliphatic imine (C=N–C) groups is 1. The zero-order chi connectivity index (χ0) is 19.8. The molecule has 3 unspecified atom stereocenters. The van der Waals surface area contributed by atoms with Crippen LogP contribution in [0.4, 0.5) is 0 Å². The summed E-state index contributed by atoms with van der Waals surface area (Å²) in [5, 5.41) is 13.9. The Hall–Kier alpha value is -1.59. The van der Waals surface area contributed by atoms with Crippen LogP contribution in [0.1, 0.15) is 51.5 Å². The predicted octanol–water partition coefficient (Wildman–Crippen LogP) is 3.43. The van der Waals surface area contributed by atoms with Gasteiger partial charge >= 0.3 is 0 Å². The third-order valence-electron chi connectivity index (χ3n) is 6.26. The Morgan fingerprint density at radius 1 is 1.29 bits per heavy atom. The summed E-state index contributed by atoms with van der Waals surface area (Å²) >= 11 is 0. The number of nitrogens with zero attached hydrogens (tertiary/aromatic N) is 2. The Morgan fingerprint density at radius 2 is 2.11 bits per heavy atom. The van der Waals surface area contributed by atoms with Crippen molar-refractivity contribution in [2.75, 3.05) is 32.8 Å². The lowest BCUT2D eigenvalue weighted by molar-refractivity contribution is 0.00705. The quantitative estimate of drug-likeness (QED) is 0.556. The second kappa shape index (κ2) is 10.3. The van der Waals surface area contributed by atoms with Gasteiger partial charge in [0.15, 0.2) is 5.96 Å². The molecule has 1 heterocycles. The number of likely N-dealkylation sites (tertiary alicyclic amines) is 1. The Balaban J connectivity index is 1.50. The third-order valence-corrected chi connectivity index (χ3v) is 6.26. The molecule has 0 aromatic heterocycles. The van der Waals surface area contributed by atoms with Crippen molar-refractivity contribution in [3.8, 4) is 0 Å². The van der Waals surface area contributed by atoms with Crippen molar-refractivity contribution in [3.63, 3.8) is 0 Å². The first-order valence-corrected chi connectivity index (χ1v) is 10.9. The second-order valence-electron chi connectivity index (χ2n) is 8.69. The van der Waals surface area contributed by atoms with E-state index in [4.69, 9.17) is 9.73 Å². The number of aliphatic hydroxyl groups excluding tert-OH is 1. The summed E-state index contributed by atoms with van der Waals surface area (Å²) in [6.45, 7) is 9.34. The van der Waals surface area contributed by atoms with E-state index in [9.17, 15) is 5.11 Å². The zero-order valence-corrected chi connectivity index (χ0v) is 17.6. The number of rotatable bonds is 7. The number of hydrogen-bond acceptors (Lipinski definition) is 3. The molecule has 1 aliphatic heterocycles. The van der Waals surface area contributed by atoms with Crippen molar-refractivity contribution in [2.24, 2.45) is 16.3 Å². The van der Waals surface area contributed by atoms with Crippen molar-refractivity contribution in [2.45, 2.75) is 58.7 Å². The number of ether oxygens (including phenoxy) is 1. The zero-order valence-electron chi connectivity index (χ0n) is 17.6. The second-order valence-corrected chi connectivity index (χ2v) is 8.69. The number of aliphatic hydroxyl groups is 1. The first-order chi connectivity index (χ1) is 13.6. The van der Waals surface area contributed by atoms with Gasteiger partial charge in [0.25, 0.3) is 0 Å². The van der Waals surface area contributed by atoms with Gasteiger partial charge in [-0.3, -0.25) is 4.99 Å². The molecule has 5 heteroatoms. The summed E-state index contributed by atoms with van der Waals surface area (Å²) in [6.07, 6.45) is 5.21. The van der Waals surface area contributed by atoms with E-state index in [0.717, 1.165) is 57.9 Å². The van der Waals surface area contributed by atoms with Gasteiger partial charge < -0.3 is 20.1 Å². The van der Waals surface area contributed by atoms with Crippen LogP contribution in [-0.4, -0.2) is 54.9 Å². The standard InChI is InChI=1S/C23H37N3O2/c1-3-24-22(25-18-23(2)13-8-7-11-21(23)27)26-14-12-20(15-26)17-28-16-19-9-5-4-6-10-19/h4-6,9-10,20-21,27H,3,7-8,11-18H2,1-2H3,(H,24,25). The Bertz CT molecular complexity index is 622. The number of benzene rings is 1. The molecule has 1 aliphatic carbocycles. The molecule has 3 atom stereocenters. The van der Waals surface area contributed by atoms with Gasteiger partial charge in [-0.25, -0.2) is 0 Å². The number of nitrogens with one attached hydrogen (secondary N) is 1. The summed E-state index contributed by atoms with van der Waals surface area (Å²) in [5.74, 6) is 1.54. The topological polar surface area (TPSA) is 57.1 Å². The average molecular weight is 388 g/mol. The van der Waals surface area contributed by atoms with Gasteiger partial charge in [-0.2, -0.15) is 0 Å². The van der Waals surface area contributed by atoms with E-state index in [2.05, 4.69) is 48.3 Å². The Kier molecular flexibility index (Phi) is 7.74. The fraction of sp³-hybridized carbons (Fsp3) is 0.696. The third kappa shape index (κ3) is 5.71. The van der Waals surface area contributed by atoms with Crippen molar-refractivity contribution in [1.29, 1.82) is 0 Å². The fourth-order valence-corrected chi connectivity index (χ4v) is 4.33. The van der Waals surface area contributed by atoms with E-state index < -0.39 is 0 Å². The molecule has 1 aromatic carbocycles. The average Bonchev–Trinajstić information content (AvgIpc) is 3.17. The molecule has 28 heavy (non-hydrogen) atoms. The van der Waals surface area contributed by atoms with E-state index >= 15 is 0 Å². The minimum atomic E-state index is -0.231. The van der Waals surface area contributed by atoms with Crippen LogP contribution in [0.25, 0.3) is 0 Å². The van der Waals surface area contributed by atoms with E-state index in [0.29, 0.717) is 19.1 Å². The van der Waals surface area contributed by atoms with Crippen molar-refractivity contribution in [1.82, 2.24) is 10.2 Å². The van der Waals surface area contributed by atoms with Crippen LogP contribution in [-0.2, 0) is 11.3 Å². The van der Waals surface area contributed by atoms with Gasteiger partial charge in [0.05, 0.1) is 25.9 Å². The molecule has 1 saturated carbocycles. The largest absolute Gasteiger partial charge is 0.392 e. The molecule has 156 valence electrons. The summed E-state index contributed by atoms with van der Waals surface area (Å²) in [7, 11) is 0. The maximum atomic E-state index is 10.4. The highest BCUT2D eigenvalue weighted by Crippen LogP contribution is 2.36. The predicted molar refractivity (Wildman–Crippen MR) is 114 cm³/mol. The number of guanidine groups is 1. The van der Waals surface area contributed by atoms with Crippen LogP contribution in [0.3, 0.4) is 0 Å². The molecule has 2 fully saturated rings. The van der Waals surface area contributed by atoms with Crippen LogP contribution in [0.15, 0.2) is 35.3 Å². The molecule has 2 aliphatic rings. The molecular weight excluding hydrogens is 350 g/mol. The first kappa shape index (κ1) is 21.1. The molecular formula is C23H37N3O2. The normalized spacial score (nSPS) is 28.5. The SMILES string of the molecule is CCNC(=NCC1(C)CCCCC1O)N1CCC(COCc2ccccc2)C1. The molecule has 1 aromatic rings. The Morgan fingerprint density at radius 3 is 2.86 bits per heavy atom. The van der Waals surface area contributed by atoms with E-state index in [1.165, 1.54) is 12.0 Å². The Labute approximate surface area is 170 Å². The van der Waals surface area contributed by atoms with Crippen LogP contribution < -0.4 is 5.32 Å². The summed E-state index contributed by atoms with van der Waals surface area (Å²) < 4.78 is 5.96. The van der Waals surface area contributed by atoms with E-state index in [1.807, 2.05) is 6.07 Å². The van der Waals surface area contributed by atoms with Crippen molar-refractivity contribution >= 4 is 5.96 Å². The fourth-order valence-electron chi connectivity index (χ4n) is 4.33. The lowest BCUT2D eigenvalue weighted by Crippen LogP contribution is -2.43. The van der Waals surface area contributed by atoms with Crippen LogP contribution in [0.5, 0.6) is 0 Å². The van der Waals surface area contributed by atoms with Crippen LogP contribution in [0.2, 0.25) is 0 Å². The molecule has 0 spiro atoms. The first-order valence-electron chi connectivity index (χ1n) is 10.9. The molecule has 0 bridgehead atoms. The molecule has 2 N–H and O–H groups in total. The van der Waals surface area contributed by atoms with Crippen LogP contribution in [0, 0.1) is 11.3 Å². The lowest BCUT2D eigenvalue weighted by Gasteiger charge is -2.37.